The Hall–Kier alpha value is -2.80. The van der Waals surface area contributed by atoms with Crippen LogP contribution in [-0.2, 0) is 19.9 Å². The highest BCUT2D eigenvalue weighted by Gasteiger charge is 2.38. The largest absolute Gasteiger partial charge is 0.369 e. The van der Waals surface area contributed by atoms with Gasteiger partial charge in [0.05, 0.1) is 18.3 Å². The molecule has 1 amide bonds. The molecular weight excluding hydrogens is 458 g/mol. The van der Waals surface area contributed by atoms with Crippen LogP contribution in [0.5, 0.6) is 0 Å². The molecule has 2 aliphatic heterocycles. The Morgan fingerprint density at radius 2 is 1.94 bits per heavy atom. The molecule has 2 unspecified atom stereocenters. The normalized spacial score (nSPS) is 23.0. The Bertz CT molecular complexity index is 1300. The highest BCUT2D eigenvalue weighted by molar-refractivity contribution is 7.89. The number of pyridine rings is 2. The number of nitrogens with two attached hydrogens (primary N) is 1. The summed E-state index contributed by atoms with van der Waals surface area (Å²) in [4.78, 5) is 27.8. The molecule has 0 saturated carbocycles. The fourth-order valence-corrected chi connectivity index (χ4v) is 6.81. The van der Waals surface area contributed by atoms with Crippen LogP contribution >= 0.6 is 0 Å². The highest BCUT2D eigenvalue weighted by Crippen LogP contribution is 2.32. The van der Waals surface area contributed by atoms with Crippen LogP contribution < -0.4 is 10.6 Å². The first-order chi connectivity index (χ1) is 16.4. The average molecular weight is 487 g/mol. The van der Waals surface area contributed by atoms with Gasteiger partial charge in [-0.15, -0.1) is 0 Å². The molecule has 12 heteroatoms. The first-order valence-corrected chi connectivity index (χ1v) is 13.0. The number of carbonyl (C=O) groups is 1. The number of aromatic nitrogens is 3. The summed E-state index contributed by atoms with van der Waals surface area (Å²) in [5.74, 6) is -1.75. The number of amides is 1. The van der Waals surface area contributed by atoms with E-state index < -0.39 is 34.4 Å². The van der Waals surface area contributed by atoms with E-state index in [9.17, 15) is 18.3 Å². The lowest BCUT2D eigenvalue weighted by molar-refractivity contribution is -0.126. The van der Waals surface area contributed by atoms with E-state index in [-0.39, 0.29) is 19.0 Å². The summed E-state index contributed by atoms with van der Waals surface area (Å²) in [6.07, 6.45) is 5.70. The molecule has 0 aromatic carbocycles. The van der Waals surface area contributed by atoms with Gasteiger partial charge in [0.1, 0.15) is 11.5 Å². The van der Waals surface area contributed by atoms with E-state index >= 15 is 0 Å². The summed E-state index contributed by atoms with van der Waals surface area (Å²) in [5.41, 5.74) is 8.08. The number of rotatable bonds is 6. The quantitative estimate of drug-likeness (QED) is 0.511. The number of sulfonamides is 1. The van der Waals surface area contributed by atoms with Crippen molar-refractivity contribution in [1.29, 1.82) is 0 Å². The first kappa shape index (κ1) is 23.0. The van der Waals surface area contributed by atoms with Gasteiger partial charge in [0, 0.05) is 80.0 Å². The minimum Gasteiger partial charge on any atom is -0.369 e. The van der Waals surface area contributed by atoms with Crippen molar-refractivity contribution < 1.29 is 18.3 Å². The molecule has 3 aromatic rings. The minimum absolute atomic E-state index is 0.0586. The number of carbonyl (C=O) groups excluding carboxylic acids is 1. The molecule has 5 rings (SSSR count). The Morgan fingerprint density at radius 3 is 2.68 bits per heavy atom. The number of hydrogen-bond acceptors (Lipinski definition) is 7. The summed E-state index contributed by atoms with van der Waals surface area (Å²) >= 11 is 0. The van der Waals surface area contributed by atoms with Gasteiger partial charge >= 0.3 is 0 Å². The number of hydrogen-bond donors (Lipinski definition) is 2. The van der Waals surface area contributed by atoms with Crippen LogP contribution in [0.25, 0.3) is 21.9 Å². The predicted octanol–water partition coefficient (Wildman–Crippen LogP) is 0.374. The molecule has 0 bridgehead atoms. The molecule has 3 N–H and O–H groups in total. The minimum atomic E-state index is -3.59. The molecule has 2 aliphatic rings. The topological polar surface area (TPSA) is 148 Å². The Kier molecular flexibility index (Phi) is 6.15. The monoisotopic (exact) mass is 486 g/mol. The van der Waals surface area contributed by atoms with E-state index in [1.54, 1.807) is 12.4 Å². The molecule has 181 valence electrons. The zero-order chi connectivity index (χ0) is 23.9. The molecule has 5 heterocycles. The van der Waals surface area contributed by atoms with Crippen molar-refractivity contribution in [3.8, 4) is 0 Å². The summed E-state index contributed by atoms with van der Waals surface area (Å²) < 4.78 is 27.5. The SMILES string of the molecule is NC(=O)C1CCN(S(=O)(=O)CN2CCN(c3ccnc4cnc5[nH]ccc5c34)CC2)CC1C[O]. The number of anilines is 1. The van der Waals surface area contributed by atoms with Crippen molar-refractivity contribution in [2.24, 2.45) is 17.6 Å². The smallest absolute Gasteiger partial charge is 0.227 e. The molecule has 34 heavy (non-hydrogen) atoms. The van der Waals surface area contributed by atoms with Crippen molar-refractivity contribution >= 4 is 43.6 Å². The van der Waals surface area contributed by atoms with Crippen molar-refractivity contribution in [3.63, 3.8) is 0 Å². The molecule has 1 radical (unpaired) electrons. The van der Waals surface area contributed by atoms with Gasteiger partial charge in [-0.25, -0.2) is 22.8 Å². The number of nitrogens with zero attached hydrogens (tertiary/aromatic N) is 5. The van der Waals surface area contributed by atoms with Crippen molar-refractivity contribution in [3.05, 3.63) is 30.7 Å². The number of nitrogens with one attached hydrogen (secondary N) is 1. The maximum absolute atomic E-state index is 13.1. The number of H-pyrrole nitrogens is 1. The van der Waals surface area contributed by atoms with Crippen LogP contribution in [0, 0.1) is 11.8 Å². The van der Waals surface area contributed by atoms with E-state index in [1.165, 1.54) is 4.31 Å². The van der Waals surface area contributed by atoms with Gasteiger partial charge in [0.25, 0.3) is 0 Å². The van der Waals surface area contributed by atoms with Gasteiger partial charge in [0.15, 0.2) is 0 Å². The van der Waals surface area contributed by atoms with E-state index in [2.05, 4.69) is 19.9 Å². The van der Waals surface area contributed by atoms with E-state index in [4.69, 9.17) is 5.73 Å². The lowest BCUT2D eigenvalue weighted by Crippen LogP contribution is -2.53. The first-order valence-electron chi connectivity index (χ1n) is 11.4. The van der Waals surface area contributed by atoms with Crippen LogP contribution in [0.15, 0.2) is 30.7 Å². The third-order valence-corrected chi connectivity index (χ3v) is 8.81. The van der Waals surface area contributed by atoms with E-state index in [0.717, 1.165) is 27.6 Å². The lowest BCUT2D eigenvalue weighted by atomic mass is 9.86. The average Bonchev–Trinajstić information content (AvgIpc) is 3.33. The van der Waals surface area contributed by atoms with Gasteiger partial charge in [0.2, 0.25) is 15.9 Å². The number of piperazine rings is 1. The molecule has 3 aromatic heterocycles. The molecule has 11 nitrogen and oxygen atoms in total. The second kappa shape index (κ2) is 9.10. The Labute approximate surface area is 197 Å². The van der Waals surface area contributed by atoms with Gasteiger partial charge < -0.3 is 15.6 Å². The van der Waals surface area contributed by atoms with Crippen LogP contribution in [0.2, 0.25) is 0 Å². The number of primary amides is 1. The summed E-state index contributed by atoms with van der Waals surface area (Å²) in [6.45, 7) is 2.30. The third kappa shape index (κ3) is 4.22. The van der Waals surface area contributed by atoms with Crippen LogP contribution in [0.1, 0.15) is 6.42 Å². The zero-order valence-electron chi connectivity index (χ0n) is 18.8. The fourth-order valence-electron chi connectivity index (χ4n) is 5.12. The predicted molar refractivity (Wildman–Crippen MR) is 127 cm³/mol. The van der Waals surface area contributed by atoms with Crippen molar-refractivity contribution in [2.75, 3.05) is 56.7 Å². The fraction of sp³-hybridized carbons (Fsp3) is 0.500. The Morgan fingerprint density at radius 1 is 1.15 bits per heavy atom. The van der Waals surface area contributed by atoms with Gasteiger partial charge in [-0.2, -0.15) is 0 Å². The summed E-state index contributed by atoms with van der Waals surface area (Å²) in [7, 11) is -3.59. The third-order valence-electron chi connectivity index (χ3n) is 7.00. The second-order valence-corrected chi connectivity index (χ2v) is 11.0. The van der Waals surface area contributed by atoms with Crippen LogP contribution in [0.4, 0.5) is 5.69 Å². The molecule has 2 fully saturated rings. The second-order valence-electron chi connectivity index (χ2n) is 9.02. The summed E-state index contributed by atoms with van der Waals surface area (Å²) in [6, 6.07) is 3.99. The molecule has 2 atom stereocenters. The molecular formula is C22H28N7O4S. The number of aromatic amines is 1. The maximum atomic E-state index is 13.1. The highest BCUT2D eigenvalue weighted by atomic mass is 32.2. The van der Waals surface area contributed by atoms with E-state index in [0.29, 0.717) is 32.6 Å². The Balaban J connectivity index is 1.26. The van der Waals surface area contributed by atoms with Crippen molar-refractivity contribution in [1.82, 2.24) is 24.2 Å². The van der Waals surface area contributed by atoms with Gasteiger partial charge in [-0.05, 0) is 18.6 Å². The van der Waals surface area contributed by atoms with Crippen molar-refractivity contribution in [2.45, 2.75) is 6.42 Å². The maximum Gasteiger partial charge on any atom is 0.227 e. The van der Waals surface area contributed by atoms with Crippen LogP contribution in [-0.4, -0.2) is 90.2 Å². The van der Waals surface area contributed by atoms with E-state index in [1.807, 2.05) is 23.2 Å². The van der Waals surface area contributed by atoms with Gasteiger partial charge in [-0.3, -0.25) is 14.7 Å². The summed E-state index contributed by atoms with van der Waals surface area (Å²) in [5, 5.41) is 13.6. The number of fused-ring (bicyclic) bond motifs is 3. The van der Waals surface area contributed by atoms with Crippen LogP contribution in [0.3, 0.4) is 0 Å². The molecule has 0 aliphatic carbocycles. The molecule has 0 spiro atoms. The number of piperidine rings is 1. The molecule has 2 saturated heterocycles. The standard InChI is InChI=1S/C22H28N7O4S/c23-21(31)16-3-6-29(12-15(16)13-30)34(32,33)14-27-7-9-28(10-8-27)19-2-5-24-18-11-26-22-17(20(18)19)1-4-25-22/h1-2,4-5,11,15-16H,3,6-10,12-14H2,(H2,23,31)(H,25,26). The zero-order valence-corrected chi connectivity index (χ0v) is 19.6. The van der Waals surface area contributed by atoms with Gasteiger partial charge in [-0.1, -0.05) is 0 Å². The lowest BCUT2D eigenvalue weighted by Gasteiger charge is -2.39.